The van der Waals surface area contributed by atoms with Gasteiger partial charge in [-0.15, -0.1) is 0 Å². The van der Waals surface area contributed by atoms with Crippen LogP contribution in [0.1, 0.15) is 32.6 Å². The molecule has 0 radical (unpaired) electrons. The van der Waals surface area contributed by atoms with Crippen LogP contribution in [-0.4, -0.2) is 11.8 Å². The van der Waals surface area contributed by atoms with Gasteiger partial charge in [-0.25, -0.2) is 4.79 Å². The molecular formula is C9H14N2O3. The van der Waals surface area contributed by atoms with Gasteiger partial charge in [-0.3, -0.25) is 4.79 Å². The van der Waals surface area contributed by atoms with Crippen LogP contribution in [0.4, 0.5) is 0 Å². The van der Waals surface area contributed by atoms with E-state index < -0.39 is 11.9 Å². The number of hydrogen-bond donors (Lipinski definition) is 1. The zero-order chi connectivity index (χ0) is 11.0. The lowest BCUT2D eigenvalue weighted by Crippen LogP contribution is -2.27. The minimum absolute atomic E-state index is 0.210. The molecule has 0 saturated heterocycles. The standard InChI is InChI=1S/C9H14N2O3/c1-2-7(9(13)14-11)8(12)5-3-4-6-10/h7H,2-5,11H2,1H3. The Bertz CT molecular complexity index is 245. The molecule has 0 aromatic rings. The van der Waals surface area contributed by atoms with Crippen molar-refractivity contribution in [3.05, 3.63) is 0 Å². The lowest BCUT2D eigenvalue weighted by atomic mass is 9.97. The number of carbonyl (C=O) groups is 2. The van der Waals surface area contributed by atoms with Crippen molar-refractivity contribution in [2.24, 2.45) is 11.8 Å². The largest absolute Gasteiger partial charge is 0.373 e. The summed E-state index contributed by atoms with van der Waals surface area (Å²) in [6.45, 7) is 1.71. The average molecular weight is 198 g/mol. The highest BCUT2D eigenvalue weighted by molar-refractivity contribution is 5.98. The van der Waals surface area contributed by atoms with Gasteiger partial charge >= 0.3 is 5.97 Å². The fourth-order valence-electron chi connectivity index (χ4n) is 1.12. The van der Waals surface area contributed by atoms with E-state index in [9.17, 15) is 9.59 Å². The summed E-state index contributed by atoms with van der Waals surface area (Å²) in [4.78, 5) is 26.4. The van der Waals surface area contributed by atoms with Crippen LogP contribution in [0.15, 0.2) is 0 Å². The summed E-state index contributed by atoms with van der Waals surface area (Å²) in [7, 11) is 0. The van der Waals surface area contributed by atoms with Crippen molar-refractivity contribution in [2.75, 3.05) is 0 Å². The maximum absolute atomic E-state index is 11.4. The molecule has 0 aliphatic rings. The first-order valence-corrected chi connectivity index (χ1v) is 4.47. The molecule has 0 amide bonds. The molecule has 0 bridgehead atoms. The number of hydrogen-bond acceptors (Lipinski definition) is 5. The highest BCUT2D eigenvalue weighted by Gasteiger charge is 2.24. The molecule has 5 nitrogen and oxygen atoms in total. The monoisotopic (exact) mass is 198 g/mol. The van der Waals surface area contributed by atoms with E-state index in [2.05, 4.69) is 10.7 Å². The van der Waals surface area contributed by atoms with Gasteiger partial charge in [0.05, 0.1) is 6.07 Å². The quantitative estimate of drug-likeness (QED) is 0.385. The summed E-state index contributed by atoms with van der Waals surface area (Å²) >= 11 is 0. The molecule has 0 aliphatic heterocycles. The van der Waals surface area contributed by atoms with Crippen LogP contribution >= 0.6 is 0 Å². The molecule has 0 saturated carbocycles. The highest BCUT2D eigenvalue weighted by Crippen LogP contribution is 2.10. The Morgan fingerprint density at radius 3 is 2.64 bits per heavy atom. The molecule has 1 unspecified atom stereocenters. The van der Waals surface area contributed by atoms with Crippen molar-refractivity contribution in [1.29, 1.82) is 5.26 Å². The molecule has 0 heterocycles. The maximum atomic E-state index is 11.4. The van der Waals surface area contributed by atoms with Crippen LogP contribution in [0.5, 0.6) is 0 Å². The fraction of sp³-hybridized carbons (Fsp3) is 0.667. The molecule has 78 valence electrons. The van der Waals surface area contributed by atoms with Gasteiger partial charge in [-0.1, -0.05) is 6.92 Å². The molecule has 0 aromatic heterocycles. The summed E-state index contributed by atoms with van der Waals surface area (Å²) in [6, 6.07) is 1.93. The third kappa shape index (κ3) is 4.01. The summed E-state index contributed by atoms with van der Waals surface area (Å²) in [6.07, 6.45) is 1.39. The average Bonchev–Trinajstić information content (AvgIpc) is 2.19. The molecule has 1 atom stereocenters. The van der Waals surface area contributed by atoms with Gasteiger partial charge in [0, 0.05) is 12.8 Å². The molecule has 0 aliphatic carbocycles. The highest BCUT2D eigenvalue weighted by atomic mass is 16.7. The molecule has 5 heteroatoms. The summed E-state index contributed by atoms with van der Waals surface area (Å²) in [5.41, 5.74) is 0. The van der Waals surface area contributed by atoms with Crippen molar-refractivity contribution < 1.29 is 14.4 Å². The number of nitriles is 1. The third-order valence-electron chi connectivity index (χ3n) is 1.91. The topological polar surface area (TPSA) is 93.2 Å². The number of rotatable bonds is 6. The second kappa shape index (κ2) is 7.04. The second-order valence-electron chi connectivity index (χ2n) is 2.88. The second-order valence-corrected chi connectivity index (χ2v) is 2.88. The molecule has 0 aromatic carbocycles. The summed E-state index contributed by atoms with van der Waals surface area (Å²) < 4.78 is 0. The van der Waals surface area contributed by atoms with Crippen molar-refractivity contribution in [3.8, 4) is 6.07 Å². The van der Waals surface area contributed by atoms with E-state index in [4.69, 9.17) is 5.26 Å². The number of nitrogens with two attached hydrogens (primary N) is 1. The van der Waals surface area contributed by atoms with Crippen LogP contribution in [0.3, 0.4) is 0 Å². The van der Waals surface area contributed by atoms with Gasteiger partial charge in [-0.05, 0) is 12.8 Å². The predicted octanol–water partition coefficient (Wildman–Crippen LogP) is 0.692. The van der Waals surface area contributed by atoms with E-state index in [1.165, 1.54) is 0 Å². The van der Waals surface area contributed by atoms with Gasteiger partial charge in [0.25, 0.3) is 0 Å². The van der Waals surface area contributed by atoms with E-state index in [-0.39, 0.29) is 12.2 Å². The molecular weight excluding hydrogens is 184 g/mol. The Hall–Kier alpha value is -1.41. The van der Waals surface area contributed by atoms with Crippen molar-refractivity contribution >= 4 is 11.8 Å². The first-order chi connectivity index (χ1) is 6.67. The first-order valence-electron chi connectivity index (χ1n) is 4.47. The molecule has 0 fully saturated rings. The van der Waals surface area contributed by atoms with Gasteiger partial charge in [0.15, 0.2) is 0 Å². The smallest absolute Gasteiger partial charge is 0.334 e. The Morgan fingerprint density at radius 2 is 2.21 bits per heavy atom. The number of unbranched alkanes of at least 4 members (excludes halogenated alkanes) is 1. The van der Waals surface area contributed by atoms with Gasteiger partial charge in [-0.2, -0.15) is 11.2 Å². The van der Waals surface area contributed by atoms with Crippen LogP contribution < -0.4 is 5.90 Å². The fourth-order valence-corrected chi connectivity index (χ4v) is 1.12. The van der Waals surface area contributed by atoms with Crippen molar-refractivity contribution in [1.82, 2.24) is 0 Å². The van der Waals surface area contributed by atoms with E-state index in [1.807, 2.05) is 6.07 Å². The summed E-state index contributed by atoms with van der Waals surface area (Å²) in [5, 5.41) is 8.26. The Morgan fingerprint density at radius 1 is 1.57 bits per heavy atom. The first kappa shape index (κ1) is 12.6. The molecule has 2 N–H and O–H groups in total. The van der Waals surface area contributed by atoms with E-state index in [1.54, 1.807) is 6.92 Å². The number of nitrogens with zero attached hydrogens (tertiary/aromatic N) is 1. The molecule has 14 heavy (non-hydrogen) atoms. The van der Waals surface area contributed by atoms with Crippen LogP contribution in [0, 0.1) is 17.2 Å². The zero-order valence-electron chi connectivity index (χ0n) is 8.16. The predicted molar refractivity (Wildman–Crippen MR) is 48.5 cm³/mol. The number of Topliss-reactive ketones (excluding diaryl/α,β-unsaturated/α-hetero) is 1. The Kier molecular flexibility index (Phi) is 6.33. The van der Waals surface area contributed by atoms with E-state index >= 15 is 0 Å². The Balaban J connectivity index is 4.06. The molecule has 0 rings (SSSR count). The van der Waals surface area contributed by atoms with E-state index in [0.29, 0.717) is 19.3 Å². The third-order valence-corrected chi connectivity index (χ3v) is 1.91. The number of ketones is 1. The van der Waals surface area contributed by atoms with Gasteiger partial charge in [0.2, 0.25) is 0 Å². The lowest BCUT2D eigenvalue weighted by molar-refractivity contribution is -0.152. The summed E-state index contributed by atoms with van der Waals surface area (Å²) in [5.74, 6) is 3.00. The van der Waals surface area contributed by atoms with Crippen LogP contribution in [0.2, 0.25) is 0 Å². The Labute approximate surface area is 82.8 Å². The van der Waals surface area contributed by atoms with Crippen molar-refractivity contribution in [3.63, 3.8) is 0 Å². The van der Waals surface area contributed by atoms with Crippen LogP contribution in [-0.2, 0) is 14.4 Å². The van der Waals surface area contributed by atoms with Gasteiger partial charge < -0.3 is 4.84 Å². The van der Waals surface area contributed by atoms with Crippen LogP contribution in [0.25, 0.3) is 0 Å². The minimum Gasteiger partial charge on any atom is -0.373 e. The lowest BCUT2D eigenvalue weighted by Gasteiger charge is -2.09. The van der Waals surface area contributed by atoms with Crippen molar-refractivity contribution in [2.45, 2.75) is 32.6 Å². The van der Waals surface area contributed by atoms with E-state index in [0.717, 1.165) is 0 Å². The number of carbonyl (C=O) groups excluding carboxylic acids is 2. The van der Waals surface area contributed by atoms with Gasteiger partial charge in [0.1, 0.15) is 11.7 Å². The normalized spacial score (nSPS) is 11.5. The zero-order valence-corrected chi connectivity index (χ0v) is 8.16. The minimum atomic E-state index is -0.779. The molecule has 0 spiro atoms. The maximum Gasteiger partial charge on any atom is 0.334 e. The SMILES string of the molecule is CCC(C(=O)CCCC#N)C(=O)ON.